The second-order valence-electron chi connectivity index (χ2n) is 8.10. The summed E-state index contributed by atoms with van der Waals surface area (Å²) in [6, 6.07) is 5.33. The highest BCUT2D eigenvalue weighted by atomic mass is 35.5. The molecule has 2 fully saturated rings. The van der Waals surface area contributed by atoms with Crippen molar-refractivity contribution in [1.29, 1.82) is 0 Å². The number of halogens is 6. The van der Waals surface area contributed by atoms with Crippen LogP contribution in [0.3, 0.4) is 0 Å². The number of hydrogen-bond donors (Lipinski definition) is 1. The van der Waals surface area contributed by atoms with E-state index in [0.29, 0.717) is 26.2 Å². The molecule has 2 aromatic rings. The molecule has 0 bridgehead atoms. The van der Waals surface area contributed by atoms with Gasteiger partial charge in [-0.15, -0.1) is 24.8 Å². The van der Waals surface area contributed by atoms with Gasteiger partial charge in [-0.25, -0.2) is 17.6 Å². The molecule has 4 nitrogen and oxygen atoms in total. The molecule has 1 unspecified atom stereocenters. The number of piperidine rings is 1. The number of amides is 1. The first-order valence-electron chi connectivity index (χ1n) is 10.6. The van der Waals surface area contributed by atoms with Crippen molar-refractivity contribution >= 4 is 30.7 Å². The highest BCUT2D eigenvalue weighted by Gasteiger charge is 2.33. The highest BCUT2D eigenvalue weighted by Crippen LogP contribution is 2.33. The number of carbonyl (C=O) groups is 1. The third kappa shape index (κ3) is 6.18. The Morgan fingerprint density at radius 3 is 1.85 bits per heavy atom. The van der Waals surface area contributed by atoms with Gasteiger partial charge in [0, 0.05) is 49.4 Å². The van der Waals surface area contributed by atoms with Crippen LogP contribution in [-0.4, -0.2) is 54.5 Å². The molecule has 10 heteroatoms. The van der Waals surface area contributed by atoms with E-state index in [0.717, 1.165) is 50.1 Å². The molecular formula is C23H27Cl2F4N3O. The number of benzene rings is 2. The quantitative estimate of drug-likeness (QED) is 0.620. The molecule has 2 aliphatic rings. The van der Waals surface area contributed by atoms with Gasteiger partial charge < -0.3 is 10.2 Å². The molecular weight excluding hydrogens is 481 g/mol. The minimum absolute atomic E-state index is 0. The molecule has 2 aliphatic heterocycles. The lowest BCUT2D eigenvalue weighted by molar-refractivity contribution is -0.136. The molecule has 182 valence electrons. The fourth-order valence-corrected chi connectivity index (χ4v) is 4.49. The van der Waals surface area contributed by atoms with Crippen LogP contribution in [0.2, 0.25) is 0 Å². The summed E-state index contributed by atoms with van der Waals surface area (Å²) in [6.07, 6.45) is 2.88. The molecule has 0 spiro atoms. The average Bonchev–Trinajstić information content (AvgIpc) is 2.77. The summed E-state index contributed by atoms with van der Waals surface area (Å²) in [4.78, 5) is 16.4. The van der Waals surface area contributed by atoms with Gasteiger partial charge in [-0.3, -0.25) is 9.69 Å². The Morgan fingerprint density at radius 1 is 0.848 bits per heavy atom. The lowest BCUT2D eigenvalue weighted by Crippen LogP contribution is -2.55. The molecule has 2 aromatic carbocycles. The summed E-state index contributed by atoms with van der Waals surface area (Å²) < 4.78 is 56.3. The first-order chi connectivity index (χ1) is 14.9. The molecule has 4 rings (SSSR count). The van der Waals surface area contributed by atoms with Crippen LogP contribution in [0.5, 0.6) is 0 Å². The van der Waals surface area contributed by atoms with Gasteiger partial charge in [0.2, 0.25) is 5.91 Å². The Morgan fingerprint density at radius 2 is 1.39 bits per heavy atom. The molecule has 0 aromatic heterocycles. The third-order valence-electron chi connectivity index (χ3n) is 6.11. The molecule has 1 N–H and O–H groups in total. The Kier molecular flexibility index (Phi) is 9.97. The summed E-state index contributed by atoms with van der Waals surface area (Å²) in [6.45, 7) is 2.43. The van der Waals surface area contributed by atoms with Crippen molar-refractivity contribution in [3.63, 3.8) is 0 Å². The topological polar surface area (TPSA) is 35.6 Å². The lowest BCUT2D eigenvalue weighted by Gasteiger charge is -2.41. The van der Waals surface area contributed by atoms with Gasteiger partial charge in [0.25, 0.3) is 0 Å². The van der Waals surface area contributed by atoms with E-state index < -0.39 is 29.3 Å². The van der Waals surface area contributed by atoms with Gasteiger partial charge in [-0.2, -0.15) is 0 Å². The minimum atomic E-state index is -0.855. The van der Waals surface area contributed by atoms with Crippen LogP contribution in [0.4, 0.5) is 17.6 Å². The van der Waals surface area contributed by atoms with E-state index in [4.69, 9.17) is 0 Å². The van der Waals surface area contributed by atoms with Crippen LogP contribution in [0.1, 0.15) is 36.4 Å². The number of rotatable bonds is 4. The number of piperazine rings is 1. The SMILES string of the molecule is Cl.Cl.O=C(C1CCCCN1)N1CCN(C(c2ccc(F)cc2F)c2ccc(F)cc2F)CC1. The molecule has 0 saturated carbocycles. The maximum absolute atomic E-state index is 14.7. The predicted molar refractivity (Wildman–Crippen MR) is 123 cm³/mol. The van der Waals surface area contributed by atoms with E-state index >= 15 is 0 Å². The van der Waals surface area contributed by atoms with Gasteiger partial charge in [0.1, 0.15) is 23.3 Å². The Bertz CT molecular complexity index is 900. The van der Waals surface area contributed by atoms with Crippen LogP contribution in [0, 0.1) is 23.3 Å². The van der Waals surface area contributed by atoms with Crippen molar-refractivity contribution in [3.05, 3.63) is 70.8 Å². The molecule has 33 heavy (non-hydrogen) atoms. The van der Waals surface area contributed by atoms with Crippen molar-refractivity contribution in [2.24, 2.45) is 0 Å². The largest absolute Gasteiger partial charge is 0.339 e. The second kappa shape index (κ2) is 12.0. The van der Waals surface area contributed by atoms with Crippen molar-refractivity contribution in [1.82, 2.24) is 15.1 Å². The predicted octanol–water partition coefficient (Wildman–Crippen LogP) is 4.46. The second-order valence-corrected chi connectivity index (χ2v) is 8.10. The Hall–Kier alpha value is -1.87. The van der Waals surface area contributed by atoms with Crippen molar-refractivity contribution in [3.8, 4) is 0 Å². The van der Waals surface area contributed by atoms with E-state index in [1.54, 1.807) is 4.90 Å². The first kappa shape index (κ1) is 27.4. The standard InChI is InChI=1S/C23H25F4N3O.2ClH/c24-15-4-6-17(19(26)13-15)22(18-7-5-16(25)14-20(18)27)29-9-11-30(12-10-29)23(31)21-3-1-2-8-28-21;;/h4-7,13-14,21-22,28H,1-3,8-12H2;2*1H. The van der Waals surface area contributed by atoms with E-state index in [-0.39, 0.29) is 47.9 Å². The lowest BCUT2D eigenvalue weighted by atomic mass is 9.95. The fraction of sp³-hybridized carbons (Fsp3) is 0.435. The third-order valence-corrected chi connectivity index (χ3v) is 6.11. The minimum Gasteiger partial charge on any atom is -0.339 e. The summed E-state index contributed by atoms with van der Waals surface area (Å²) in [5, 5.41) is 3.25. The molecule has 1 amide bonds. The number of hydrogen-bond acceptors (Lipinski definition) is 3. The van der Waals surface area contributed by atoms with Crippen LogP contribution >= 0.6 is 24.8 Å². The van der Waals surface area contributed by atoms with E-state index in [1.807, 2.05) is 4.90 Å². The highest BCUT2D eigenvalue weighted by molar-refractivity contribution is 5.85. The average molecular weight is 508 g/mol. The van der Waals surface area contributed by atoms with Gasteiger partial charge in [-0.1, -0.05) is 18.6 Å². The fourth-order valence-electron chi connectivity index (χ4n) is 4.49. The van der Waals surface area contributed by atoms with Gasteiger partial charge >= 0.3 is 0 Å². The van der Waals surface area contributed by atoms with Crippen molar-refractivity contribution < 1.29 is 22.4 Å². The van der Waals surface area contributed by atoms with Crippen LogP contribution < -0.4 is 5.32 Å². The van der Waals surface area contributed by atoms with Gasteiger partial charge in [-0.05, 0) is 31.5 Å². The normalized spacial score (nSPS) is 19.1. The summed E-state index contributed by atoms with van der Waals surface area (Å²) in [5.41, 5.74) is 0.223. The number of nitrogens with one attached hydrogen (secondary N) is 1. The smallest absolute Gasteiger partial charge is 0.239 e. The zero-order valence-electron chi connectivity index (χ0n) is 17.9. The molecule has 2 saturated heterocycles. The first-order valence-corrected chi connectivity index (χ1v) is 10.6. The summed E-state index contributed by atoms with van der Waals surface area (Å²) in [5.74, 6) is -2.99. The van der Waals surface area contributed by atoms with Crippen LogP contribution in [-0.2, 0) is 4.79 Å². The zero-order valence-corrected chi connectivity index (χ0v) is 19.5. The summed E-state index contributed by atoms with van der Waals surface area (Å²) >= 11 is 0. The number of nitrogens with zero attached hydrogens (tertiary/aromatic N) is 2. The van der Waals surface area contributed by atoms with Crippen LogP contribution in [0.15, 0.2) is 36.4 Å². The zero-order chi connectivity index (χ0) is 22.0. The number of carbonyl (C=O) groups excluding carboxylic acids is 1. The van der Waals surface area contributed by atoms with Crippen molar-refractivity contribution in [2.75, 3.05) is 32.7 Å². The van der Waals surface area contributed by atoms with Gasteiger partial charge in [0.15, 0.2) is 0 Å². The van der Waals surface area contributed by atoms with E-state index in [2.05, 4.69) is 5.32 Å². The van der Waals surface area contributed by atoms with Crippen molar-refractivity contribution in [2.45, 2.75) is 31.3 Å². The summed E-state index contributed by atoms with van der Waals surface area (Å²) in [7, 11) is 0. The maximum Gasteiger partial charge on any atom is 0.239 e. The van der Waals surface area contributed by atoms with Crippen LogP contribution in [0.25, 0.3) is 0 Å². The van der Waals surface area contributed by atoms with E-state index in [1.165, 1.54) is 12.1 Å². The monoisotopic (exact) mass is 507 g/mol. The Balaban J connectivity index is 0.00000193. The molecule has 0 aliphatic carbocycles. The molecule has 1 atom stereocenters. The van der Waals surface area contributed by atoms with E-state index in [9.17, 15) is 22.4 Å². The molecule has 2 heterocycles. The Labute approximate surface area is 203 Å². The molecule has 0 radical (unpaired) electrons. The van der Waals surface area contributed by atoms with Gasteiger partial charge in [0.05, 0.1) is 12.1 Å². The maximum atomic E-state index is 14.7.